The van der Waals surface area contributed by atoms with Gasteiger partial charge in [-0.1, -0.05) is 6.07 Å². The molecule has 1 heterocycles. The van der Waals surface area contributed by atoms with Crippen LogP contribution >= 0.6 is 0 Å². The van der Waals surface area contributed by atoms with Crippen LogP contribution in [-0.2, 0) is 14.3 Å². The van der Waals surface area contributed by atoms with Crippen LogP contribution in [0, 0.1) is 5.82 Å². The van der Waals surface area contributed by atoms with Crippen LogP contribution in [0.5, 0.6) is 5.75 Å². The molecule has 0 bridgehead atoms. The summed E-state index contributed by atoms with van der Waals surface area (Å²) in [5, 5.41) is 0. The Morgan fingerprint density at radius 1 is 1.08 bits per heavy atom. The van der Waals surface area contributed by atoms with Crippen LogP contribution in [0.1, 0.15) is 10.6 Å². The van der Waals surface area contributed by atoms with Crippen molar-refractivity contribution in [2.45, 2.75) is 0 Å². The second kappa shape index (κ2) is 8.32. The summed E-state index contributed by atoms with van der Waals surface area (Å²) < 4.78 is 27.4. The summed E-state index contributed by atoms with van der Waals surface area (Å²) in [7, 11) is 0. The van der Waals surface area contributed by atoms with Crippen LogP contribution in [0.25, 0.3) is 0 Å². The van der Waals surface area contributed by atoms with Crippen LogP contribution < -0.4 is 15.6 Å². The molecule has 0 radical (unpaired) electrons. The Morgan fingerprint density at radius 2 is 1.92 bits per heavy atom. The lowest BCUT2D eigenvalue weighted by Crippen LogP contribution is -2.43. The fraction of sp³-hybridized carbons (Fsp3) is 0.133. The van der Waals surface area contributed by atoms with Crippen LogP contribution in [-0.4, -0.2) is 31.0 Å². The molecule has 0 aliphatic rings. The summed E-state index contributed by atoms with van der Waals surface area (Å²) >= 11 is 0. The lowest BCUT2D eigenvalue weighted by atomic mass is 10.3. The third-order valence-electron chi connectivity index (χ3n) is 2.58. The molecule has 0 spiro atoms. The van der Waals surface area contributed by atoms with E-state index < -0.39 is 36.8 Å². The second-order valence-electron chi connectivity index (χ2n) is 4.39. The molecule has 9 heteroatoms. The molecule has 8 nitrogen and oxygen atoms in total. The first-order chi connectivity index (χ1) is 11.5. The second-order valence-corrected chi connectivity index (χ2v) is 4.39. The third-order valence-corrected chi connectivity index (χ3v) is 2.58. The van der Waals surface area contributed by atoms with Crippen molar-refractivity contribution in [1.29, 1.82) is 0 Å². The molecule has 0 saturated heterocycles. The smallest absolute Gasteiger partial charge is 0.344 e. The van der Waals surface area contributed by atoms with Gasteiger partial charge in [-0.2, -0.15) is 0 Å². The van der Waals surface area contributed by atoms with Crippen molar-refractivity contribution < 1.29 is 32.7 Å². The zero-order valence-electron chi connectivity index (χ0n) is 12.3. The molecule has 2 rings (SSSR count). The van der Waals surface area contributed by atoms with E-state index in [1.54, 1.807) is 0 Å². The van der Waals surface area contributed by atoms with E-state index in [4.69, 9.17) is 9.15 Å². The number of benzene rings is 1. The summed E-state index contributed by atoms with van der Waals surface area (Å²) in [5.41, 5.74) is 4.12. The molecule has 0 atom stereocenters. The Balaban J connectivity index is 1.64. The molecular weight excluding hydrogens is 323 g/mol. The van der Waals surface area contributed by atoms with Crippen LogP contribution in [0.4, 0.5) is 4.39 Å². The predicted molar refractivity (Wildman–Crippen MR) is 77.2 cm³/mol. The average Bonchev–Trinajstić information content (AvgIpc) is 3.10. The lowest BCUT2D eigenvalue weighted by molar-refractivity contribution is -0.150. The van der Waals surface area contributed by atoms with E-state index in [9.17, 15) is 18.8 Å². The molecule has 1 aromatic heterocycles. The number of nitrogens with one attached hydrogen (secondary N) is 2. The molecule has 0 aliphatic heterocycles. The monoisotopic (exact) mass is 336 g/mol. The Hall–Kier alpha value is -3.36. The highest BCUT2D eigenvalue weighted by molar-refractivity contribution is 5.93. The molecule has 0 aliphatic carbocycles. The number of hydrogen-bond donors (Lipinski definition) is 2. The Labute approximate surface area is 135 Å². The first kappa shape index (κ1) is 17.0. The van der Waals surface area contributed by atoms with Gasteiger partial charge in [0.2, 0.25) is 0 Å². The number of furan rings is 1. The molecule has 0 fully saturated rings. The van der Waals surface area contributed by atoms with Gasteiger partial charge in [0.25, 0.3) is 5.91 Å². The zero-order valence-corrected chi connectivity index (χ0v) is 12.3. The van der Waals surface area contributed by atoms with Crippen molar-refractivity contribution >= 4 is 17.8 Å². The van der Waals surface area contributed by atoms with E-state index in [2.05, 4.69) is 10.2 Å². The zero-order chi connectivity index (χ0) is 17.4. The fourth-order valence-corrected chi connectivity index (χ4v) is 1.52. The lowest BCUT2D eigenvalue weighted by Gasteiger charge is -2.08. The standard InChI is InChI=1S/C15H13FN2O6/c16-10-3-1-4-11(7-10)23-9-14(20)24-8-13(19)17-18-15(21)12-5-2-6-22-12/h1-7H,8-9H2,(H,17,19)(H,18,21). The molecule has 2 amide bonds. The summed E-state index contributed by atoms with van der Waals surface area (Å²) in [5.74, 6) is -2.58. The van der Waals surface area contributed by atoms with Crippen LogP contribution in [0.3, 0.4) is 0 Å². The van der Waals surface area contributed by atoms with Gasteiger partial charge in [0.05, 0.1) is 6.26 Å². The van der Waals surface area contributed by atoms with Gasteiger partial charge in [-0.05, 0) is 24.3 Å². The summed E-state index contributed by atoms with van der Waals surface area (Å²) in [6.07, 6.45) is 1.30. The van der Waals surface area contributed by atoms with Gasteiger partial charge in [0, 0.05) is 6.07 Å². The highest BCUT2D eigenvalue weighted by Crippen LogP contribution is 2.11. The number of ether oxygens (including phenoxy) is 2. The largest absolute Gasteiger partial charge is 0.482 e. The first-order valence-corrected chi connectivity index (χ1v) is 6.71. The fourth-order valence-electron chi connectivity index (χ4n) is 1.52. The predicted octanol–water partition coefficient (Wildman–Crippen LogP) is 0.802. The number of rotatable bonds is 6. The van der Waals surface area contributed by atoms with Crippen molar-refractivity contribution in [3.8, 4) is 5.75 Å². The summed E-state index contributed by atoms with van der Waals surface area (Å²) in [6, 6.07) is 8.14. The van der Waals surface area contributed by atoms with Crippen molar-refractivity contribution in [3.05, 3.63) is 54.2 Å². The summed E-state index contributed by atoms with van der Waals surface area (Å²) in [6.45, 7) is -1.11. The van der Waals surface area contributed by atoms with Gasteiger partial charge >= 0.3 is 11.9 Å². The molecule has 0 saturated carbocycles. The number of carbonyl (C=O) groups excluding carboxylic acids is 3. The van der Waals surface area contributed by atoms with E-state index in [-0.39, 0.29) is 11.5 Å². The Kier molecular flexibility index (Phi) is 5.89. The number of hydrazine groups is 1. The number of halogens is 1. The van der Waals surface area contributed by atoms with Crippen LogP contribution in [0.15, 0.2) is 47.1 Å². The molecule has 24 heavy (non-hydrogen) atoms. The molecule has 2 aromatic rings. The Bertz CT molecular complexity index is 717. The van der Waals surface area contributed by atoms with Gasteiger partial charge in [0.1, 0.15) is 11.6 Å². The Morgan fingerprint density at radius 3 is 2.62 bits per heavy atom. The maximum absolute atomic E-state index is 12.9. The molecule has 0 unspecified atom stereocenters. The minimum atomic E-state index is -0.827. The van der Waals surface area contributed by atoms with E-state index in [1.165, 1.54) is 36.6 Å². The molecule has 1 aromatic carbocycles. The maximum atomic E-state index is 12.9. The quantitative estimate of drug-likeness (QED) is 0.597. The van der Waals surface area contributed by atoms with Gasteiger partial charge < -0.3 is 13.9 Å². The van der Waals surface area contributed by atoms with Gasteiger partial charge in [-0.25, -0.2) is 9.18 Å². The van der Waals surface area contributed by atoms with Crippen molar-refractivity contribution in [2.24, 2.45) is 0 Å². The number of esters is 1. The topological polar surface area (TPSA) is 107 Å². The first-order valence-electron chi connectivity index (χ1n) is 6.71. The highest BCUT2D eigenvalue weighted by atomic mass is 19.1. The maximum Gasteiger partial charge on any atom is 0.344 e. The van der Waals surface area contributed by atoms with Crippen LogP contribution in [0.2, 0.25) is 0 Å². The van der Waals surface area contributed by atoms with E-state index in [0.717, 1.165) is 6.07 Å². The van der Waals surface area contributed by atoms with Crippen molar-refractivity contribution in [1.82, 2.24) is 10.9 Å². The number of carbonyl (C=O) groups is 3. The SMILES string of the molecule is O=C(COC(=O)COc1cccc(F)c1)NNC(=O)c1ccco1. The highest BCUT2D eigenvalue weighted by Gasteiger charge is 2.12. The van der Waals surface area contributed by atoms with E-state index >= 15 is 0 Å². The van der Waals surface area contributed by atoms with Crippen molar-refractivity contribution in [3.63, 3.8) is 0 Å². The molecule has 2 N–H and O–H groups in total. The van der Waals surface area contributed by atoms with Crippen molar-refractivity contribution in [2.75, 3.05) is 13.2 Å². The number of amides is 2. The van der Waals surface area contributed by atoms with Gasteiger partial charge in [0.15, 0.2) is 19.0 Å². The minimum absolute atomic E-state index is 0.00999. The number of hydrogen-bond acceptors (Lipinski definition) is 6. The molecule has 126 valence electrons. The van der Waals surface area contributed by atoms with E-state index in [1.807, 2.05) is 5.43 Å². The van der Waals surface area contributed by atoms with E-state index in [0.29, 0.717) is 0 Å². The average molecular weight is 336 g/mol. The summed E-state index contributed by atoms with van der Waals surface area (Å²) in [4.78, 5) is 34.3. The molecular formula is C15H13FN2O6. The van der Waals surface area contributed by atoms with Gasteiger partial charge in [-0.15, -0.1) is 0 Å². The van der Waals surface area contributed by atoms with Gasteiger partial charge in [-0.3, -0.25) is 20.4 Å². The third kappa shape index (κ3) is 5.44. The normalized spacial score (nSPS) is 9.88. The minimum Gasteiger partial charge on any atom is -0.482 e.